The zero-order chi connectivity index (χ0) is 28.4. The van der Waals surface area contributed by atoms with E-state index >= 15 is 0 Å². The van der Waals surface area contributed by atoms with Gasteiger partial charge in [0.15, 0.2) is 5.78 Å². The first-order chi connectivity index (χ1) is 18.4. The van der Waals surface area contributed by atoms with E-state index in [0.717, 1.165) is 22.9 Å². The number of quaternary nitrogens is 1. The van der Waals surface area contributed by atoms with Gasteiger partial charge in [0.25, 0.3) is 0 Å². The number of aromatic nitrogens is 1. The first kappa shape index (κ1) is 28.8. The zero-order valence-electron chi connectivity index (χ0n) is 24.0. The molecule has 0 radical (unpaired) electrons. The van der Waals surface area contributed by atoms with E-state index in [9.17, 15) is 14.4 Å². The maximum atomic E-state index is 14.3. The first-order valence-electron chi connectivity index (χ1n) is 14.0. The quantitative estimate of drug-likeness (QED) is 0.275. The number of hydrogen-bond acceptors (Lipinski definition) is 4. The summed E-state index contributed by atoms with van der Waals surface area (Å²) in [6.45, 7) is 6.06. The number of para-hydroxylation sites is 1. The molecule has 2 aliphatic rings. The minimum Gasteiger partial charge on any atom is -0.361 e. The van der Waals surface area contributed by atoms with E-state index in [-0.39, 0.29) is 29.1 Å². The molecule has 210 valence electrons. The smallest absolute Gasteiger partial charge is 0.244 e. The summed E-state index contributed by atoms with van der Waals surface area (Å²) in [7, 11) is 3.61. The molecule has 1 aromatic carbocycles. The van der Waals surface area contributed by atoms with Crippen molar-refractivity contribution in [2.45, 2.75) is 82.7 Å². The van der Waals surface area contributed by atoms with Crippen molar-refractivity contribution in [3.05, 3.63) is 59.8 Å². The van der Waals surface area contributed by atoms with E-state index in [4.69, 9.17) is 0 Å². The molecule has 0 aliphatic heterocycles. The second kappa shape index (κ2) is 11.1. The van der Waals surface area contributed by atoms with Crippen molar-refractivity contribution in [2.24, 2.45) is 5.41 Å². The number of amides is 2. The summed E-state index contributed by atoms with van der Waals surface area (Å²) < 4.78 is 0. The van der Waals surface area contributed by atoms with Gasteiger partial charge < -0.3 is 16.0 Å². The van der Waals surface area contributed by atoms with Crippen LogP contribution in [0.25, 0.3) is 10.9 Å². The Bertz CT molecular complexity index is 1300. The highest BCUT2D eigenvalue weighted by Crippen LogP contribution is 2.55. The molecule has 1 heterocycles. The predicted molar refractivity (Wildman–Crippen MR) is 153 cm³/mol. The summed E-state index contributed by atoms with van der Waals surface area (Å²) in [6, 6.07) is 8.04. The summed E-state index contributed by atoms with van der Waals surface area (Å²) in [5, 5.41) is 5.86. The SMILES string of the molecule is CCC1(C(=O)NN(C)C)CC=C(C(=O)C2(NC(=O)C=CCC(C)(C)[NH3+])CC2c2c[nH]c3ccccc23)CCC1. The number of hydrogen-bond donors (Lipinski definition) is 4. The molecule has 0 saturated heterocycles. The van der Waals surface area contributed by atoms with Gasteiger partial charge in [-0.3, -0.25) is 19.8 Å². The van der Waals surface area contributed by atoms with Crippen molar-refractivity contribution in [1.29, 1.82) is 0 Å². The van der Waals surface area contributed by atoms with Crippen LogP contribution in [0.5, 0.6) is 0 Å². The molecule has 39 heavy (non-hydrogen) atoms. The Morgan fingerprint density at radius 1 is 1.23 bits per heavy atom. The molecular weight excluding hydrogens is 490 g/mol. The fourth-order valence-electron chi connectivity index (χ4n) is 5.86. The van der Waals surface area contributed by atoms with Crippen LogP contribution >= 0.6 is 0 Å². The second-order valence-electron chi connectivity index (χ2n) is 12.4. The maximum absolute atomic E-state index is 14.3. The molecule has 3 unspecified atom stereocenters. The summed E-state index contributed by atoms with van der Waals surface area (Å²) in [4.78, 5) is 43.8. The van der Waals surface area contributed by atoms with Crippen molar-refractivity contribution in [2.75, 3.05) is 14.1 Å². The van der Waals surface area contributed by atoms with Gasteiger partial charge in [0.1, 0.15) is 5.54 Å². The van der Waals surface area contributed by atoms with Gasteiger partial charge in [0.05, 0.1) is 11.0 Å². The lowest BCUT2D eigenvalue weighted by atomic mass is 9.77. The van der Waals surface area contributed by atoms with E-state index in [1.165, 1.54) is 6.08 Å². The number of nitrogens with zero attached hydrogens (tertiary/aromatic N) is 1. The van der Waals surface area contributed by atoms with Crippen LogP contribution in [0.1, 0.15) is 77.2 Å². The number of H-pyrrole nitrogens is 1. The maximum Gasteiger partial charge on any atom is 0.244 e. The van der Waals surface area contributed by atoms with Crippen LogP contribution in [-0.2, 0) is 14.4 Å². The molecule has 8 heteroatoms. The van der Waals surface area contributed by atoms with Gasteiger partial charge in [-0.15, -0.1) is 0 Å². The molecule has 0 spiro atoms. The molecule has 1 saturated carbocycles. The summed E-state index contributed by atoms with van der Waals surface area (Å²) in [5.41, 5.74) is 8.07. The van der Waals surface area contributed by atoms with E-state index < -0.39 is 11.0 Å². The Morgan fingerprint density at radius 2 is 1.97 bits per heavy atom. The van der Waals surface area contributed by atoms with Gasteiger partial charge in [-0.05, 0) is 75.7 Å². The molecule has 0 bridgehead atoms. The molecule has 2 aromatic rings. The van der Waals surface area contributed by atoms with Crippen molar-refractivity contribution >= 4 is 28.5 Å². The minimum absolute atomic E-state index is 0.00969. The van der Waals surface area contributed by atoms with Gasteiger partial charge in [0, 0.05) is 43.5 Å². The molecule has 8 nitrogen and oxygen atoms in total. The Labute approximate surface area is 231 Å². The standard InChI is InChI=1S/C31H43N5O3/c1-6-30(28(39)35-36(4)5)17-9-11-21(15-18-30)27(38)31(34-26(37)14-10-16-29(2,3)32)19-24(31)23-20-33-25-13-8-7-12-22(23)25/h7-8,10,12-15,20,24,33H,6,9,11,16-19,32H2,1-5H3,(H,34,37)(H,35,39)/p+1. The molecule has 2 aliphatic carbocycles. The minimum atomic E-state index is -0.997. The molecule has 4 rings (SSSR count). The number of carbonyl (C=O) groups excluding carboxylic acids is 3. The highest BCUT2D eigenvalue weighted by Gasteiger charge is 2.62. The van der Waals surface area contributed by atoms with Crippen LogP contribution in [-0.4, -0.2) is 52.8 Å². The van der Waals surface area contributed by atoms with Crippen LogP contribution in [0.3, 0.4) is 0 Å². The topological polar surface area (TPSA) is 122 Å². The van der Waals surface area contributed by atoms with Crippen LogP contribution in [0, 0.1) is 5.41 Å². The third-order valence-corrected chi connectivity index (χ3v) is 8.26. The van der Waals surface area contributed by atoms with Gasteiger partial charge in [-0.25, -0.2) is 5.01 Å². The van der Waals surface area contributed by atoms with Gasteiger partial charge >= 0.3 is 0 Å². The fourth-order valence-corrected chi connectivity index (χ4v) is 5.86. The van der Waals surface area contributed by atoms with E-state index in [2.05, 4.69) is 27.5 Å². The van der Waals surface area contributed by atoms with Crippen LogP contribution in [0.15, 0.2) is 54.3 Å². The van der Waals surface area contributed by atoms with Gasteiger partial charge in [0.2, 0.25) is 11.8 Å². The van der Waals surface area contributed by atoms with Crippen LogP contribution < -0.4 is 16.5 Å². The van der Waals surface area contributed by atoms with Crippen molar-refractivity contribution < 1.29 is 20.1 Å². The number of Topliss-reactive ketones (excluding diaryl/α,β-unsaturated/α-hetero) is 1. The van der Waals surface area contributed by atoms with Crippen LogP contribution in [0.2, 0.25) is 0 Å². The lowest BCUT2D eigenvalue weighted by molar-refractivity contribution is -0.464. The van der Waals surface area contributed by atoms with Gasteiger partial charge in [-0.2, -0.15) is 0 Å². The molecule has 2 amide bonds. The summed E-state index contributed by atoms with van der Waals surface area (Å²) in [6.07, 6.45) is 11.7. The number of allylic oxidation sites excluding steroid dienone is 1. The normalized spacial score (nSPS) is 25.4. The van der Waals surface area contributed by atoms with Gasteiger partial charge in [-0.1, -0.05) is 37.3 Å². The van der Waals surface area contributed by atoms with E-state index in [0.29, 0.717) is 44.1 Å². The van der Waals surface area contributed by atoms with Crippen molar-refractivity contribution in [3.63, 3.8) is 0 Å². The summed E-state index contributed by atoms with van der Waals surface area (Å²) in [5.74, 6) is -0.432. The second-order valence-corrected chi connectivity index (χ2v) is 12.4. The lowest BCUT2D eigenvalue weighted by Crippen LogP contribution is -2.68. The van der Waals surface area contributed by atoms with Crippen molar-refractivity contribution in [3.8, 4) is 0 Å². The number of benzene rings is 1. The monoisotopic (exact) mass is 534 g/mol. The number of ketones is 1. The Morgan fingerprint density at radius 3 is 2.67 bits per heavy atom. The number of carbonyl (C=O) groups is 3. The molecule has 6 N–H and O–H groups in total. The van der Waals surface area contributed by atoms with Crippen LogP contribution in [0.4, 0.5) is 0 Å². The number of aromatic amines is 1. The molecular formula is C31H44N5O3+. The largest absolute Gasteiger partial charge is 0.361 e. The van der Waals surface area contributed by atoms with E-state index in [1.807, 2.05) is 57.3 Å². The third kappa shape index (κ3) is 6.17. The number of rotatable bonds is 10. The Hall–Kier alpha value is -3.23. The average molecular weight is 535 g/mol. The highest BCUT2D eigenvalue weighted by molar-refractivity contribution is 6.09. The fraction of sp³-hybridized carbons (Fsp3) is 0.516. The third-order valence-electron chi connectivity index (χ3n) is 8.26. The van der Waals surface area contributed by atoms with Crippen molar-refractivity contribution in [1.82, 2.24) is 20.7 Å². The molecule has 1 aromatic heterocycles. The number of fused-ring (bicyclic) bond motifs is 1. The average Bonchev–Trinajstić information content (AvgIpc) is 3.49. The summed E-state index contributed by atoms with van der Waals surface area (Å²) >= 11 is 0. The lowest BCUT2D eigenvalue weighted by Gasteiger charge is -2.31. The predicted octanol–water partition coefficient (Wildman–Crippen LogP) is 3.54. The Balaban J connectivity index is 1.63. The Kier molecular flexibility index (Phi) is 8.19. The molecule has 1 fully saturated rings. The first-order valence-corrected chi connectivity index (χ1v) is 14.0. The number of hydrazine groups is 1. The zero-order valence-corrected chi connectivity index (χ0v) is 24.0. The highest BCUT2D eigenvalue weighted by atomic mass is 16.2. The van der Waals surface area contributed by atoms with E-state index in [1.54, 1.807) is 19.1 Å². The number of nitrogens with one attached hydrogen (secondary N) is 3. The molecule has 3 atom stereocenters.